The Hall–Kier alpha value is -2.40. The van der Waals surface area contributed by atoms with E-state index in [1.54, 1.807) is 0 Å². The minimum atomic E-state index is 0.674. The molecule has 5 nitrogen and oxygen atoms in total. The van der Waals surface area contributed by atoms with Crippen molar-refractivity contribution in [1.82, 2.24) is 14.9 Å². The fraction of sp³-hybridized carbons (Fsp3) is 0.368. The number of nitrogens with zero attached hydrogens (tertiary/aromatic N) is 4. The van der Waals surface area contributed by atoms with E-state index in [1.165, 1.54) is 5.56 Å². The van der Waals surface area contributed by atoms with Gasteiger partial charge in [0.2, 0.25) is 5.95 Å². The van der Waals surface area contributed by atoms with Crippen LogP contribution in [0.1, 0.15) is 11.3 Å². The fourth-order valence-corrected chi connectivity index (χ4v) is 2.93. The Morgan fingerprint density at radius 3 is 2.58 bits per heavy atom. The first kappa shape index (κ1) is 16.5. The van der Waals surface area contributed by atoms with Gasteiger partial charge in [0.05, 0.1) is 0 Å². The summed E-state index contributed by atoms with van der Waals surface area (Å²) < 4.78 is 0. The summed E-state index contributed by atoms with van der Waals surface area (Å²) in [5.74, 6) is 1.69. The summed E-state index contributed by atoms with van der Waals surface area (Å²) in [5, 5.41) is 3.18. The molecule has 0 atom stereocenters. The van der Waals surface area contributed by atoms with E-state index in [2.05, 4.69) is 68.1 Å². The van der Waals surface area contributed by atoms with Crippen molar-refractivity contribution in [2.24, 2.45) is 0 Å². The highest BCUT2D eigenvalue weighted by Crippen LogP contribution is 2.17. The number of nitrogens with one attached hydrogen (secondary N) is 1. The molecule has 0 spiro atoms. The molecule has 1 fully saturated rings. The number of aryl methyl sites for hydroxylation is 1. The number of hydrogen-bond acceptors (Lipinski definition) is 5. The molecular weight excluding hydrogens is 298 g/mol. The standard InChI is InChI=1S/C19H25N5/c1-3-9-20-19-21-16(2)14-18(22-19)24-12-10-23(11-13-24)15-17-7-5-4-6-8-17/h3-8,14H,1,9-13,15H2,2H3,(H,20,21,22). The molecule has 1 aromatic heterocycles. The molecule has 0 aliphatic carbocycles. The second-order valence-corrected chi connectivity index (χ2v) is 6.11. The van der Waals surface area contributed by atoms with Crippen molar-refractivity contribution in [1.29, 1.82) is 0 Å². The van der Waals surface area contributed by atoms with E-state index in [-0.39, 0.29) is 0 Å². The maximum atomic E-state index is 4.64. The van der Waals surface area contributed by atoms with Gasteiger partial charge in [-0.3, -0.25) is 4.90 Å². The van der Waals surface area contributed by atoms with Gasteiger partial charge >= 0.3 is 0 Å². The number of benzene rings is 1. The summed E-state index contributed by atoms with van der Waals surface area (Å²) >= 11 is 0. The average molecular weight is 323 g/mol. The van der Waals surface area contributed by atoms with E-state index in [0.29, 0.717) is 12.5 Å². The van der Waals surface area contributed by atoms with Crippen LogP contribution in [0.2, 0.25) is 0 Å². The first-order valence-electron chi connectivity index (χ1n) is 8.46. The van der Waals surface area contributed by atoms with Gasteiger partial charge < -0.3 is 10.2 Å². The van der Waals surface area contributed by atoms with Crippen molar-refractivity contribution in [2.45, 2.75) is 13.5 Å². The minimum absolute atomic E-state index is 0.674. The molecule has 1 N–H and O–H groups in total. The molecule has 2 aromatic rings. The third-order valence-electron chi connectivity index (χ3n) is 4.19. The highest BCUT2D eigenvalue weighted by Gasteiger charge is 2.19. The van der Waals surface area contributed by atoms with Crippen LogP contribution in [0.4, 0.5) is 11.8 Å². The third-order valence-corrected chi connectivity index (χ3v) is 4.19. The molecule has 0 saturated carbocycles. The van der Waals surface area contributed by atoms with Crippen LogP contribution in [0.5, 0.6) is 0 Å². The number of anilines is 2. The van der Waals surface area contributed by atoms with E-state index in [1.807, 2.05) is 13.0 Å². The number of piperazine rings is 1. The summed E-state index contributed by atoms with van der Waals surface area (Å²) in [6.45, 7) is 11.5. The smallest absolute Gasteiger partial charge is 0.225 e. The summed E-state index contributed by atoms with van der Waals surface area (Å²) in [6, 6.07) is 12.7. The summed E-state index contributed by atoms with van der Waals surface area (Å²) in [6.07, 6.45) is 1.81. The van der Waals surface area contributed by atoms with Crippen LogP contribution in [0.25, 0.3) is 0 Å². The monoisotopic (exact) mass is 323 g/mol. The highest BCUT2D eigenvalue weighted by molar-refractivity contribution is 5.45. The lowest BCUT2D eigenvalue weighted by Crippen LogP contribution is -2.46. The Bertz CT molecular complexity index is 663. The van der Waals surface area contributed by atoms with Crippen LogP contribution in [0, 0.1) is 6.92 Å². The van der Waals surface area contributed by atoms with E-state index in [4.69, 9.17) is 0 Å². The third kappa shape index (κ3) is 4.32. The molecule has 3 rings (SSSR count). The zero-order valence-electron chi connectivity index (χ0n) is 14.3. The summed E-state index contributed by atoms with van der Waals surface area (Å²) in [7, 11) is 0. The van der Waals surface area contributed by atoms with Crippen molar-refractivity contribution in [3.8, 4) is 0 Å². The highest BCUT2D eigenvalue weighted by atomic mass is 15.3. The number of hydrogen-bond donors (Lipinski definition) is 1. The molecule has 0 unspecified atom stereocenters. The van der Waals surface area contributed by atoms with Gasteiger partial charge in [-0.15, -0.1) is 6.58 Å². The molecule has 5 heteroatoms. The average Bonchev–Trinajstić information content (AvgIpc) is 2.61. The topological polar surface area (TPSA) is 44.3 Å². The second-order valence-electron chi connectivity index (χ2n) is 6.11. The van der Waals surface area contributed by atoms with Gasteiger partial charge in [0.25, 0.3) is 0 Å². The molecule has 1 aliphatic rings. The molecule has 1 aromatic carbocycles. The Morgan fingerprint density at radius 2 is 1.88 bits per heavy atom. The van der Waals surface area contributed by atoms with E-state index >= 15 is 0 Å². The number of aromatic nitrogens is 2. The van der Waals surface area contributed by atoms with Crippen molar-refractivity contribution in [2.75, 3.05) is 42.9 Å². The van der Waals surface area contributed by atoms with Crippen LogP contribution >= 0.6 is 0 Å². The van der Waals surface area contributed by atoms with Crippen LogP contribution < -0.4 is 10.2 Å². The van der Waals surface area contributed by atoms with Gasteiger partial charge in [0.1, 0.15) is 5.82 Å². The lowest BCUT2D eigenvalue weighted by molar-refractivity contribution is 0.249. The zero-order chi connectivity index (χ0) is 16.8. The van der Waals surface area contributed by atoms with Crippen LogP contribution in [-0.2, 0) is 6.54 Å². The predicted molar refractivity (Wildman–Crippen MR) is 99.4 cm³/mol. The molecule has 2 heterocycles. The zero-order valence-corrected chi connectivity index (χ0v) is 14.3. The maximum absolute atomic E-state index is 4.64. The largest absolute Gasteiger partial charge is 0.354 e. The SMILES string of the molecule is C=CCNc1nc(C)cc(N2CCN(Cc3ccccc3)CC2)n1. The first-order chi connectivity index (χ1) is 11.7. The predicted octanol–water partition coefficient (Wildman–Crippen LogP) is 2.71. The van der Waals surface area contributed by atoms with Gasteiger partial charge in [-0.1, -0.05) is 36.4 Å². The Morgan fingerprint density at radius 1 is 1.12 bits per heavy atom. The molecule has 0 bridgehead atoms. The van der Waals surface area contributed by atoms with Crippen LogP contribution in [0.3, 0.4) is 0 Å². The van der Waals surface area contributed by atoms with Gasteiger partial charge in [-0.2, -0.15) is 4.98 Å². The van der Waals surface area contributed by atoms with E-state index in [9.17, 15) is 0 Å². The quantitative estimate of drug-likeness (QED) is 0.828. The molecule has 126 valence electrons. The van der Waals surface area contributed by atoms with Gasteiger partial charge in [0, 0.05) is 51.0 Å². The van der Waals surface area contributed by atoms with Crippen molar-refractivity contribution in [3.63, 3.8) is 0 Å². The van der Waals surface area contributed by atoms with Crippen LogP contribution in [0.15, 0.2) is 49.1 Å². The Kier molecular flexibility index (Phi) is 5.43. The molecule has 24 heavy (non-hydrogen) atoms. The normalized spacial score (nSPS) is 15.3. The van der Waals surface area contributed by atoms with E-state index in [0.717, 1.165) is 44.2 Å². The fourth-order valence-electron chi connectivity index (χ4n) is 2.93. The molecule has 1 saturated heterocycles. The molecular formula is C19H25N5. The second kappa shape index (κ2) is 7.93. The van der Waals surface area contributed by atoms with Crippen molar-refractivity contribution >= 4 is 11.8 Å². The first-order valence-corrected chi connectivity index (χ1v) is 8.46. The lowest BCUT2D eigenvalue weighted by Gasteiger charge is -2.35. The molecule has 0 amide bonds. The lowest BCUT2D eigenvalue weighted by atomic mass is 10.2. The Balaban J connectivity index is 1.60. The summed E-state index contributed by atoms with van der Waals surface area (Å²) in [4.78, 5) is 13.9. The van der Waals surface area contributed by atoms with Gasteiger partial charge in [0.15, 0.2) is 0 Å². The van der Waals surface area contributed by atoms with Gasteiger partial charge in [-0.05, 0) is 12.5 Å². The Labute approximate surface area is 144 Å². The van der Waals surface area contributed by atoms with Crippen molar-refractivity contribution < 1.29 is 0 Å². The molecule has 0 radical (unpaired) electrons. The maximum Gasteiger partial charge on any atom is 0.225 e. The van der Waals surface area contributed by atoms with E-state index < -0.39 is 0 Å². The van der Waals surface area contributed by atoms with Gasteiger partial charge in [-0.25, -0.2) is 4.98 Å². The number of rotatable bonds is 6. The minimum Gasteiger partial charge on any atom is -0.354 e. The molecule has 1 aliphatic heterocycles. The van der Waals surface area contributed by atoms with Crippen molar-refractivity contribution in [3.05, 3.63) is 60.3 Å². The van der Waals surface area contributed by atoms with Crippen LogP contribution in [-0.4, -0.2) is 47.6 Å². The summed E-state index contributed by atoms with van der Waals surface area (Å²) in [5.41, 5.74) is 2.36.